The number of anilines is 1. The second-order valence-electron chi connectivity index (χ2n) is 4.88. The molecule has 1 saturated carbocycles. The predicted molar refractivity (Wildman–Crippen MR) is 79.6 cm³/mol. The summed E-state index contributed by atoms with van der Waals surface area (Å²) in [4.78, 5) is 7.00. The molecule has 1 heterocycles. The number of aliphatic hydroxyl groups excluding tert-OH is 1. The van der Waals surface area contributed by atoms with Gasteiger partial charge in [-0.25, -0.2) is 4.98 Å². The molecule has 1 aliphatic carbocycles. The summed E-state index contributed by atoms with van der Waals surface area (Å²) < 4.78 is 0. The van der Waals surface area contributed by atoms with Gasteiger partial charge in [0.1, 0.15) is 0 Å². The van der Waals surface area contributed by atoms with Crippen LogP contribution >= 0.6 is 11.3 Å². The van der Waals surface area contributed by atoms with E-state index in [0.717, 1.165) is 16.4 Å². The van der Waals surface area contributed by atoms with E-state index in [-0.39, 0.29) is 6.61 Å². The fraction of sp³-hybridized carbons (Fsp3) is 0.400. The molecule has 0 spiro atoms. The van der Waals surface area contributed by atoms with Crippen molar-refractivity contribution in [3.05, 3.63) is 35.7 Å². The lowest BCUT2D eigenvalue weighted by molar-refractivity contribution is 0.283. The van der Waals surface area contributed by atoms with Gasteiger partial charge < -0.3 is 10.0 Å². The van der Waals surface area contributed by atoms with Crippen LogP contribution < -0.4 is 4.90 Å². The van der Waals surface area contributed by atoms with Crippen LogP contribution in [-0.2, 0) is 0 Å². The van der Waals surface area contributed by atoms with Crippen molar-refractivity contribution in [2.75, 3.05) is 18.1 Å². The molecule has 0 saturated heterocycles. The molecule has 19 heavy (non-hydrogen) atoms. The quantitative estimate of drug-likeness (QED) is 0.910. The first-order valence-electron chi connectivity index (χ1n) is 6.77. The van der Waals surface area contributed by atoms with Gasteiger partial charge in [-0.2, -0.15) is 0 Å². The molecule has 3 rings (SSSR count). The van der Waals surface area contributed by atoms with Crippen molar-refractivity contribution >= 4 is 16.5 Å². The number of hydrogen-bond donors (Lipinski definition) is 1. The van der Waals surface area contributed by atoms with Crippen molar-refractivity contribution < 1.29 is 5.11 Å². The van der Waals surface area contributed by atoms with Gasteiger partial charge in [-0.3, -0.25) is 0 Å². The van der Waals surface area contributed by atoms with E-state index in [4.69, 9.17) is 4.98 Å². The number of hydrogen-bond acceptors (Lipinski definition) is 4. The number of aliphatic hydroxyl groups is 1. The zero-order chi connectivity index (χ0) is 13.1. The summed E-state index contributed by atoms with van der Waals surface area (Å²) in [5.74, 6) is 0. The topological polar surface area (TPSA) is 36.4 Å². The van der Waals surface area contributed by atoms with Crippen LogP contribution in [0.2, 0.25) is 0 Å². The molecule has 0 amide bonds. The minimum Gasteiger partial charge on any atom is -0.395 e. The van der Waals surface area contributed by atoms with E-state index in [9.17, 15) is 5.11 Å². The van der Waals surface area contributed by atoms with Gasteiger partial charge >= 0.3 is 0 Å². The Morgan fingerprint density at radius 3 is 2.68 bits per heavy atom. The summed E-state index contributed by atoms with van der Waals surface area (Å²) in [5, 5.41) is 12.4. The van der Waals surface area contributed by atoms with Gasteiger partial charge in [-0.15, -0.1) is 11.3 Å². The largest absolute Gasteiger partial charge is 0.395 e. The maximum atomic E-state index is 9.23. The number of aromatic nitrogens is 1. The van der Waals surface area contributed by atoms with Crippen LogP contribution in [0.15, 0.2) is 35.7 Å². The Kier molecular flexibility index (Phi) is 3.80. The Morgan fingerprint density at radius 2 is 2.05 bits per heavy atom. The van der Waals surface area contributed by atoms with Gasteiger partial charge in [0.2, 0.25) is 0 Å². The molecule has 2 aromatic rings. The van der Waals surface area contributed by atoms with Gasteiger partial charge in [0.05, 0.1) is 12.3 Å². The molecular weight excluding hydrogens is 256 g/mol. The zero-order valence-electron chi connectivity index (χ0n) is 10.8. The van der Waals surface area contributed by atoms with E-state index in [1.165, 1.54) is 19.3 Å². The highest BCUT2D eigenvalue weighted by molar-refractivity contribution is 7.14. The minimum absolute atomic E-state index is 0.191. The van der Waals surface area contributed by atoms with E-state index in [1.807, 2.05) is 18.2 Å². The molecule has 0 aliphatic heterocycles. The molecule has 4 heteroatoms. The van der Waals surface area contributed by atoms with Crippen LogP contribution in [0, 0.1) is 0 Å². The SMILES string of the molecule is OCCN(c1nc(-c2ccccc2)cs1)C1CCC1. The summed E-state index contributed by atoms with van der Waals surface area (Å²) in [5.41, 5.74) is 2.19. The highest BCUT2D eigenvalue weighted by atomic mass is 32.1. The Morgan fingerprint density at radius 1 is 1.26 bits per heavy atom. The van der Waals surface area contributed by atoms with Gasteiger partial charge in [0, 0.05) is 23.5 Å². The Bertz CT molecular complexity index is 522. The first-order valence-corrected chi connectivity index (χ1v) is 7.65. The van der Waals surface area contributed by atoms with E-state index >= 15 is 0 Å². The van der Waals surface area contributed by atoms with Crippen LogP contribution in [0.3, 0.4) is 0 Å². The van der Waals surface area contributed by atoms with Gasteiger partial charge in [0.15, 0.2) is 5.13 Å². The third-order valence-corrected chi connectivity index (χ3v) is 4.54. The molecule has 0 radical (unpaired) electrons. The van der Waals surface area contributed by atoms with Crippen LogP contribution in [0.5, 0.6) is 0 Å². The number of benzene rings is 1. The predicted octanol–water partition coefficient (Wildman–Crippen LogP) is 3.16. The Labute approximate surface area is 117 Å². The lowest BCUT2D eigenvalue weighted by atomic mass is 9.92. The number of thiazole rings is 1. The Hall–Kier alpha value is -1.39. The van der Waals surface area contributed by atoms with E-state index < -0.39 is 0 Å². The zero-order valence-corrected chi connectivity index (χ0v) is 11.6. The van der Waals surface area contributed by atoms with Crippen molar-refractivity contribution in [3.8, 4) is 11.3 Å². The fourth-order valence-electron chi connectivity index (χ4n) is 2.38. The Balaban J connectivity index is 1.82. The summed E-state index contributed by atoms with van der Waals surface area (Å²) in [6, 6.07) is 10.8. The van der Waals surface area contributed by atoms with Gasteiger partial charge in [-0.1, -0.05) is 30.3 Å². The lowest BCUT2D eigenvalue weighted by Gasteiger charge is -2.37. The summed E-state index contributed by atoms with van der Waals surface area (Å²) in [7, 11) is 0. The molecule has 3 nitrogen and oxygen atoms in total. The average Bonchev–Trinajstić information content (AvgIpc) is 2.86. The minimum atomic E-state index is 0.191. The highest BCUT2D eigenvalue weighted by Crippen LogP contribution is 2.33. The second kappa shape index (κ2) is 5.72. The summed E-state index contributed by atoms with van der Waals surface area (Å²) in [6.07, 6.45) is 3.74. The van der Waals surface area contributed by atoms with Crippen LogP contribution in [-0.4, -0.2) is 29.3 Å². The van der Waals surface area contributed by atoms with Crippen molar-refractivity contribution in [1.82, 2.24) is 4.98 Å². The first kappa shape index (κ1) is 12.6. The van der Waals surface area contributed by atoms with Gasteiger partial charge in [0.25, 0.3) is 0 Å². The maximum absolute atomic E-state index is 9.23. The van der Waals surface area contributed by atoms with E-state index in [2.05, 4.69) is 22.4 Å². The molecule has 0 bridgehead atoms. The molecule has 0 atom stereocenters. The highest BCUT2D eigenvalue weighted by Gasteiger charge is 2.26. The molecule has 100 valence electrons. The molecule has 1 N–H and O–H groups in total. The molecule has 1 aliphatic rings. The lowest BCUT2D eigenvalue weighted by Crippen LogP contribution is -2.41. The van der Waals surface area contributed by atoms with Crippen LogP contribution in [0.4, 0.5) is 5.13 Å². The third-order valence-electron chi connectivity index (χ3n) is 3.66. The summed E-state index contributed by atoms with van der Waals surface area (Å²) in [6.45, 7) is 0.878. The monoisotopic (exact) mass is 274 g/mol. The number of nitrogens with zero attached hydrogens (tertiary/aromatic N) is 2. The smallest absolute Gasteiger partial charge is 0.186 e. The maximum Gasteiger partial charge on any atom is 0.186 e. The van der Waals surface area contributed by atoms with Crippen molar-refractivity contribution in [3.63, 3.8) is 0 Å². The van der Waals surface area contributed by atoms with Crippen LogP contribution in [0.1, 0.15) is 19.3 Å². The molecule has 1 aromatic carbocycles. The van der Waals surface area contributed by atoms with E-state index in [1.54, 1.807) is 11.3 Å². The first-order chi connectivity index (χ1) is 9.38. The molecular formula is C15H18N2OS. The standard InChI is InChI=1S/C15H18N2OS/c18-10-9-17(13-7-4-8-13)15-16-14(11-19-15)12-5-2-1-3-6-12/h1-3,5-6,11,13,18H,4,7-10H2. The van der Waals surface area contributed by atoms with Crippen molar-refractivity contribution in [2.45, 2.75) is 25.3 Å². The van der Waals surface area contributed by atoms with Crippen molar-refractivity contribution in [2.24, 2.45) is 0 Å². The van der Waals surface area contributed by atoms with Crippen LogP contribution in [0.25, 0.3) is 11.3 Å². The second-order valence-corrected chi connectivity index (χ2v) is 5.72. The number of rotatable bonds is 5. The normalized spacial score (nSPS) is 15.2. The van der Waals surface area contributed by atoms with E-state index in [0.29, 0.717) is 12.6 Å². The average molecular weight is 274 g/mol. The molecule has 1 aromatic heterocycles. The third kappa shape index (κ3) is 2.65. The fourth-order valence-corrected chi connectivity index (χ4v) is 3.31. The molecule has 0 unspecified atom stereocenters. The van der Waals surface area contributed by atoms with Gasteiger partial charge in [-0.05, 0) is 19.3 Å². The van der Waals surface area contributed by atoms with Crippen molar-refractivity contribution in [1.29, 1.82) is 0 Å². The molecule has 1 fully saturated rings. The summed E-state index contributed by atoms with van der Waals surface area (Å²) >= 11 is 1.67.